The third kappa shape index (κ3) is 2.96. The van der Waals surface area contributed by atoms with Crippen molar-refractivity contribution in [2.45, 2.75) is 0 Å². The molecule has 0 bridgehead atoms. The number of nitriles is 1. The molecule has 0 aliphatic heterocycles. The van der Waals surface area contributed by atoms with Crippen molar-refractivity contribution in [3.63, 3.8) is 0 Å². The number of carboxylic acids is 1. The molecule has 0 aliphatic carbocycles. The quantitative estimate of drug-likeness (QED) is 0.748. The van der Waals surface area contributed by atoms with Crippen molar-refractivity contribution in [3.05, 3.63) is 76.1 Å². The molecule has 0 fully saturated rings. The average molecular weight is 333 g/mol. The number of aromatic carboxylic acids is 1. The molecule has 25 heavy (non-hydrogen) atoms. The number of fused-ring (bicyclic) bond motifs is 1. The van der Waals surface area contributed by atoms with Crippen LogP contribution >= 0.6 is 0 Å². The number of amides is 1. The van der Waals surface area contributed by atoms with E-state index in [1.807, 2.05) is 6.07 Å². The summed E-state index contributed by atoms with van der Waals surface area (Å²) < 4.78 is 1.07. The smallest absolute Gasteiger partial charge is 0.341 e. The Morgan fingerprint density at radius 3 is 2.60 bits per heavy atom. The standard InChI is InChI=1S/C18H11N3O4/c19-9-11-4-3-5-12(8-11)20-18(25)21-10-14(17(23)24)16(22)13-6-1-2-7-15(13)21/h1-8,10H,(H,20,25)(H,23,24). The van der Waals surface area contributed by atoms with E-state index in [2.05, 4.69) is 5.32 Å². The van der Waals surface area contributed by atoms with Crippen molar-refractivity contribution in [1.82, 2.24) is 4.57 Å². The van der Waals surface area contributed by atoms with Crippen LogP contribution in [0.3, 0.4) is 0 Å². The highest BCUT2D eigenvalue weighted by Crippen LogP contribution is 2.15. The zero-order chi connectivity index (χ0) is 18.0. The molecule has 0 saturated carbocycles. The highest BCUT2D eigenvalue weighted by atomic mass is 16.4. The lowest BCUT2D eigenvalue weighted by Crippen LogP contribution is -2.25. The lowest BCUT2D eigenvalue weighted by molar-refractivity contribution is 0.0695. The lowest BCUT2D eigenvalue weighted by Gasteiger charge is -2.12. The van der Waals surface area contributed by atoms with Gasteiger partial charge in [0.2, 0.25) is 5.43 Å². The van der Waals surface area contributed by atoms with Crippen molar-refractivity contribution in [1.29, 1.82) is 5.26 Å². The number of carboxylic acid groups (broad SMARTS) is 1. The Labute approximate surface area is 141 Å². The van der Waals surface area contributed by atoms with E-state index in [1.54, 1.807) is 36.4 Å². The van der Waals surface area contributed by atoms with Gasteiger partial charge in [-0.2, -0.15) is 5.26 Å². The molecule has 0 unspecified atom stereocenters. The maximum atomic E-state index is 12.6. The molecular weight excluding hydrogens is 322 g/mol. The van der Waals surface area contributed by atoms with E-state index < -0.39 is 23.0 Å². The number of nitrogens with zero attached hydrogens (tertiary/aromatic N) is 2. The van der Waals surface area contributed by atoms with E-state index in [-0.39, 0.29) is 10.9 Å². The van der Waals surface area contributed by atoms with Crippen LogP contribution in [0.25, 0.3) is 10.9 Å². The summed E-state index contributed by atoms with van der Waals surface area (Å²) in [7, 11) is 0. The fraction of sp³-hybridized carbons (Fsp3) is 0. The van der Waals surface area contributed by atoms with E-state index in [0.717, 1.165) is 10.8 Å². The van der Waals surface area contributed by atoms with Crippen LogP contribution in [-0.4, -0.2) is 21.7 Å². The van der Waals surface area contributed by atoms with E-state index in [0.29, 0.717) is 11.3 Å². The maximum Gasteiger partial charge on any atom is 0.341 e. The van der Waals surface area contributed by atoms with E-state index in [1.165, 1.54) is 12.1 Å². The first-order valence-electron chi connectivity index (χ1n) is 7.20. The normalized spacial score (nSPS) is 10.2. The van der Waals surface area contributed by atoms with Gasteiger partial charge in [0.1, 0.15) is 5.56 Å². The first-order valence-corrected chi connectivity index (χ1v) is 7.20. The minimum absolute atomic E-state index is 0.128. The zero-order valence-electron chi connectivity index (χ0n) is 12.8. The maximum absolute atomic E-state index is 12.6. The van der Waals surface area contributed by atoms with E-state index in [4.69, 9.17) is 5.26 Å². The van der Waals surface area contributed by atoms with Gasteiger partial charge in [0.05, 0.1) is 17.1 Å². The molecule has 3 rings (SSSR count). The van der Waals surface area contributed by atoms with Crippen LogP contribution in [-0.2, 0) is 0 Å². The van der Waals surface area contributed by atoms with Gasteiger partial charge in [0.15, 0.2) is 0 Å². The first-order chi connectivity index (χ1) is 12.0. The van der Waals surface area contributed by atoms with Crippen molar-refractivity contribution in [3.8, 4) is 6.07 Å². The molecule has 0 spiro atoms. The van der Waals surface area contributed by atoms with Gasteiger partial charge in [-0.15, -0.1) is 0 Å². The Hall–Kier alpha value is -3.92. The summed E-state index contributed by atoms with van der Waals surface area (Å²) in [5.74, 6) is -1.41. The third-order valence-electron chi connectivity index (χ3n) is 3.60. The predicted molar refractivity (Wildman–Crippen MR) is 90.7 cm³/mol. The van der Waals surface area contributed by atoms with Gasteiger partial charge in [-0.05, 0) is 30.3 Å². The van der Waals surface area contributed by atoms with Crippen LogP contribution < -0.4 is 10.7 Å². The Morgan fingerprint density at radius 2 is 1.88 bits per heavy atom. The summed E-state index contributed by atoms with van der Waals surface area (Å²) in [6.07, 6.45) is 0.997. The third-order valence-corrected chi connectivity index (χ3v) is 3.60. The molecule has 0 radical (unpaired) electrons. The van der Waals surface area contributed by atoms with Crippen LogP contribution in [0, 0.1) is 11.3 Å². The number of rotatable bonds is 2. The number of hydrogen-bond acceptors (Lipinski definition) is 4. The topological polar surface area (TPSA) is 112 Å². The van der Waals surface area contributed by atoms with Gasteiger partial charge in [-0.25, -0.2) is 9.59 Å². The van der Waals surface area contributed by atoms with Gasteiger partial charge in [-0.1, -0.05) is 18.2 Å². The molecule has 0 aliphatic rings. The fourth-order valence-corrected chi connectivity index (χ4v) is 2.45. The Kier molecular flexibility index (Phi) is 4.02. The number of carbonyl (C=O) groups is 2. The van der Waals surface area contributed by atoms with Crippen LogP contribution in [0.15, 0.2) is 59.5 Å². The molecule has 0 saturated heterocycles. The molecule has 0 atom stereocenters. The van der Waals surface area contributed by atoms with Crippen LogP contribution in [0.5, 0.6) is 0 Å². The lowest BCUT2D eigenvalue weighted by atomic mass is 10.1. The zero-order valence-corrected chi connectivity index (χ0v) is 12.8. The van der Waals surface area contributed by atoms with Gasteiger partial charge < -0.3 is 10.4 Å². The second-order valence-corrected chi connectivity index (χ2v) is 5.19. The minimum Gasteiger partial charge on any atom is -0.477 e. The number of anilines is 1. The molecule has 1 amide bonds. The number of pyridine rings is 1. The van der Waals surface area contributed by atoms with Crippen molar-refractivity contribution >= 4 is 28.6 Å². The summed E-state index contributed by atoms with van der Waals surface area (Å²) in [4.78, 5) is 36.1. The molecular formula is C18H11N3O4. The number of para-hydroxylation sites is 1. The van der Waals surface area contributed by atoms with Crippen LogP contribution in [0.1, 0.15) is 15.9 Å². The average Bonchev–Trinajstić information content (AvgIpc) is 2.62. The molecule has 1 heterocycles. The van der Waals surface area contributed by atoms with Gasteiger partial charge in [-0.3, -0.25) is 9.36 Å². The van der Waals surface area contributed by atoms with Crippen molar-refractivity contribution in [2.24, 2.45) is 0 Å². The summed E-state index contributed by atoms with van der Waals surface area (Å²) in [5.41, 5.74) is -0.123. The molecule has 2 N–H and O–H groups in total. The Bertz CT molecular complexity index is 1110. The highest BCUT2D eigenvalue weighted by molar-refractivity contribution is 6.00. The number of aromatic nitrogens is 1. The monoisotopic (exact) mass is 333 g/mol. The van der Waals surface area contributed by atoms with Crippen LogP contribution in [0.4, 0.5) is 10.5 Å². The second-order valence-electron chi connectivity index (χ2n) is 5.19. The first kappa shape index (κ1) is 16.0. The fourth-order valence-electron chi connectivity index (χ4n) is 2.45. The molecule has 122 valence electrons. The van der Waals surface area contributed by atoms with Gasteiger partial charge in [0, 0.05) is 17.3 Å². The molecule has 1 aromatic heterocycles. The van der Waals surface area contributed by atoms with Gasteiger partial charge in [0.25, 0.3) is 0 Å². The summed E-state index contributed by atoms with van der Waals surface area (Å²) in [6, 6.07) is 13.9. The number of carbonyl (C=O) groups excluding carboxylic acids is 1. The van der Waals surface area contributed by atoms with Crippen molar-refractivity contribution in [2.75, 3.05) is 5.32 Å². The summed E-state index contributed by atoms with van der Waals surface area (Å²) in [6.45, 7) is 0. The summed E-state index contributed by atoms with van der Waals surface area (Å²) in [5, 5.41) is 20.8. The molecule has 7 heteroatoms. The van der Waals surface area contributed by atoms with E-state index >= 15 is 0 Å². The Balaban J connectivity index is 2.12. The van der Waals surface area contributed by atoms with Crippen LogP contribution in [0.2, 0.25) is 0 Å². The SMILES string of the molecule is N#Cc1cccc(NC(=O)n2cc(C(=O)O)c(=O)c3ccccc32)c1. The highest BCUT2D eigenvalue weighted by Gasteiger charge is 2.17. The predicted octanol–water partition coefficient (Wildman–Crippen LogP) is 2.65. The van der Waals surface area contributed by atoms with Crippen molar-refractivity contribution < 1.29 is 14.7 Å². The molecule has 7 nitrogen and oxygen atoms in total. The minimum atomic E-state index is -1.41. The second kappa shape index (κ2) is 6.29. The largest absolute Gasteiger partial charge is 0.477 e. The Morgan fingerprint density at radius 1 is 1.12 bits per heavy atom. The van der Waals surface area contributed by atoms with Gasteiger partial charge >= 0.3 is 12.0 Å². The molecule has 2 aromatic carbocycles. The number of hydrogen-bond donors (Lipinski definition) is 2. The number of nitrogens with one attached hydrogen (secondary N) is 1. The molecule has 3 aromatic rings. The number of benzene rings is 2. The summed E-state index contributed by atoms with van der Waals surface area (Å²) >= 11 is 0. The van der Waals surface area contributed by atoms with E-state index in [9.17, 15) is 19.5 Å².